The van der Waals surface area contributed by atoms with Crippen LogP contribution in [0.1, 0.15) is 24.2 Å². The monoisotopic (exact) mass is 653 g/mol. The van der Waals surface area contributed by atoms with Crippen LogP contribution in [0.3, 0.4) is 0 Å². The van der Waals surface area contributed by atoms with E-state index in [1.54, 1.807) is 0 Å². The second-order valence-electron chi connectivity index (χ2n) is 10.5. The van der Waals surface area contributed by atoms with Gasteiger partial charge in [0.25, 0.3) is 0 Å². The fraction of sp³-hybridized carbons (Fsp3) is 0.105. The van der Waals surface area contributed by atoms with Crippen LogP contribution in [0.4, 0.5) is 17.3 Å². The number of hydrogen-bond acceptors (Lipinski definition) is 3. The van der Waals surface area contributed by atoms with Gasteiger partial charge in [0.15, 0.2) is 0 Å². The maximum Gasteiger partial charge on any atom is 0.673 e. The molecule has 2 heterocycles. The minimum atomic E-state index is -6.00. The molecule has 0 fully saturated rings. The molecule has 0 aliphatic rings. The van der Waals surface area contributed by atoms with Gasteiger partial charge in [0, 0.05) is 28.1 Å². The van der Waals surface area contributed by atoms with Crippen LogP contribution in [-0.4, -0.2) is 24.6 Å². The number of aromatic nitrogens is 1. The molecule has 0 N–H and O–H groups in total. The van der Waals surface area contributed by atoms with Gasteiger partial charge in [0.05, 0.1) is 29.8 Å². The summed E-state index contributed by atoms with van der Waals surface area (Å²) < 4.78 is 51.3. The Morgan fingerprint density at radius 2 is 1.36 bits per heavy atom. The number of thioether (sulfide) groups is 1. The number of hydrogen-bond donors (Lipinski definition) is 0. The number of halogens is 4. The molecule has 0 amide bonds. The lowest BCUT2D eigenvalue weighted by Gasteiger charge is -2.07. The summed E-state index contributed by atoms with van der Waals surface area (Å²) in [7, 11) is -6.00. The van der Waals surface area contributed by atoms with Crippen LogP contribution in [0, 0.1) is 0 Å². The summed E-state index contributed by atoms with van der Waals surface area (Å²) in [6.07, 6.45) is 8.06. The third kappa shape index (κ3) is 10.9. The van der Waals surface area contributed by atoms with Crippen molar-refractivity contribution in [2.24, 2.45) is 0 Å². The van der Waals surface area contributed by atoms with Crippen molar-refractivity contribution in [2.75, 3.05) is 12.4 Å². The van der Waals surface area contributed by atoms with Crippen LogP contribution in [0.15, 0.2) is 143 Å². The molecule has 0 bridgehead atoms. The van der Waals surface area contributed by atoms with E-state index in [4.69, 9.17) is 9.15 Å². The van der Waals surface area contributed by atoms with Crippen molar-refractivity contribution >= 4 is 42.1 Å². The molecular formula is C38H32BF4NO2S. The Balaban J connectivity index is 0.000000807. The molecule has 2 aromatic heterocycles. The number of fused-ring (bicyclic) bond motifs is 1. The Labute approximate surface area is 276 Å². The van der Waals surface area contributed by atoms with Crippen molar-refractivity contribution in [3.63, 3.8) is 0 Å². The highest BCUT2D eigenvalue weighted by Gasteiger charge is 2.20. The summed E-state index contributed by atoms with van der Waals surface area (Å²) >= 11 is 1.87. The summed E-state index contributed by atoms with van der Waals surface area (Å²) in [5.41, 5.74) is 5.51. The third-order valence-electron chi connectivity index (χ3n) is 6.96. The fourth-order valence-corrected chi connectivity index (χ4v) is 5.82. The van der Waals surface area contributed by atoms with Crippen molar-refractivity contribution in [3.05, 3.63) is 145 Å². The van der Waals surface area contributed by atoms with Gasteiger partial charge in [-0.05, 0) is 72.2 Å². The number of unbranched alkanes of at least 4 members (excludes halogenated alkanes) is 1. The van der Waals surface area contributed by atoms with Crippen LogP contribution in [0.2, 0.25) is 0 Å². The molecule has 4 aromatic carbocycles. The quantitative estimate of drug-likeness (QED) is 0.0458. The summed E-state index contributed by atoms with van der Waals surface area (Å²) in [5.74, 6) is 3.58. The third-order valence-corrected chi connectivity index (χ3v) is 8.09. The molecule has 0 aliphatic heterocycles. The van der Waals surface area contributed by atoms with Crippen LogP contribution in [0.25, 0.3) is 45.5 Å². The van der Waals surface area contributed by atoms with Crippen molar-refractivity contribution in [1.82, 2.24) is 4.98 Å². The average Bonchev–Trinajstić information content (AvgIpc) is 3.09. The van der Waals surface area contributed by atoms with E-state index in [1.807, 2.05) is 66.5 Å². The first kappa shape index (κ1) is 33.5. The first-order valence-electron chi connectivity index (χ1n) is 15.2. The topological polar surface area (TPSA) is 33.4 Å². The van der Waals surface area contributed by atoms with Gasteiger partial charge in [-0.2, -0.15) is 0 Å². The van der Waals surface area contributed by atoms with E-state index in [9.17, 15) is 17.3 Å². The second kappa shape index (κ2) is 16.6. The number of ether oxygens (including phenoxy) is 1. The fourth-order valence-electron chi connectivity index (χ4n) is 4.77. The van der Waals surface area contributed by atoms with Gasteiger partial charge in [-0.1, -0.05) is 78.9 Å². The summed E-state index contributed by atoms with van der Waals surface area (Å²) in [5, 5.41) is 1.19. The largest absolute Gasteiger partial charge is 0.673 e. The molecule has 0 saturated heterocycles. The lowest BCUT2D eigenvalue weighted by molar-refractivity contribution is 0.310. The highest BCUT2D eigenvalue weighted by Crippen LogP contribution is 2.30. The van der Waals surface area contributed by atoms with E-state index in [-0.39, 0.29) is 0 Å². The van der Waals surface area contributed by atoms with E-state index in [0.717, 1.165) is 63.6 Å². The van der Waals surface area contributed by atoms with E-state index in [0.29, 0.717) is 6.61 Å². The maximum atomic E-state index is 9.75. The standard InChI is InChI=1S/C38H32NO2S.BF4/c1-3-11-30(12-4-1)33-27-35(41-36(28-33)31-13-5-2-6-14-31)23-20-29-18-21-34(22-19-29)40-25-7-8-26-42-37-17-9-15-32-16-10-24-39-38(32)37;2-1(3,4)5/h1-6,9-24,27-28H,7-8,25-26H2;/q+1;-1/b23-20+;. The first-order valence-corrected chi connectivity index (χ1v) is 16.1. The number of rotatable bonds is 11. The predicted molar refractivity (Wildman–Crippen MR) is 187 cm³/mol. The number of pyridine rings is 1. The molecule has 0 aliphatic carbocycles. The molecule has 0 radical (unpaired) electrons. The van der Waals surface area contributed by atoms with Crippen molar-refractivity contribution < 1.29 is 26.4 Å². The Kier molecular flexibility index (Phi) is 11.8. The molecule has 6 rings (SSSR count). The first-order chi connectivity index (χ1) is 22.8. The van der Waals surface area contributed by atoms with E-state index in [1.165, 1.54) is 10.3 Å². The SMILES string of the molecule is C(=C\c1cc(-c2ccccc2)cc(-c2ccccc2)[o+]1)/c1ccc(OCCCCSc2cccc3cccnc23)cc1.F[B-](F)(F)F. The van der Waals surface area contributed by atoms with Gasteiger partial charge < -0.3 is 22.0 Å². The van der Waals surface area contributed by atoms with Crippen molar-refractivity contribution in [1.29, 1.82) is 0 Å². The molecule has 238 valence electrons. The molecule has 3 nitrogen and oxygen atoms in total. The molecule has 9 heteroatoms. The lowest BCUT2D eigenvalue weighted by atomic mass is 10.0. The lowest BCUT2D eigenvalue weighted by Crippen LogP contribution is -2.02. The van der Waals surface area contributed by atoms with Gasteiger partial charge in [-0.15, -0.1) is 11.8 Å². The van der Waals surface area contributed by atoms with Crippen LogP contribution in [-0.2, 0) is 0 Å². The summed E-state index contributed by atoms with van der Waals surface area (Å²) in [6.45, 7) is 0.705. The highest BCUT2D eigenvalue weighted by atomic mass is 32.2. The highest BCUT2D eigenvalue weighted by molar-refractivity contribution is 7.99. The zero-order valence-corrected chi connectivity index (χ0v) is 26.3. The maximum absolute atomic E-state index is 9.75. The zero-order chi connectivity index (χ0) is 32.9. The number of para-hydroxylation sites is 1. The van der Waals surface area contributed by atoms with Crippen molar-refractivity contribution in [2.45, 2.75) is 17.7 Å². The normalized spacial score (nSPS) is 11.3. The molecule has 0 saturated carbocycles. The Bertz CT molecular complexity index is 1820. The Morgan fingerprint density at radius 3 is 2.09 bits per heavy atom. The molecule has 6 aromatic rings. The smallest absolute Gasteiger partial charge is 0.494 e. The van der Waals surface area contributed by atoms with E-state index in [2.05, 4.69) is 96.0 Å². The minimum absolute atomic E-state index is 0.705. The second-order valence-corrected chi connectivity index (χ2v) is 11.6. The molecular weight excluding hydrogens is 621 g/mol. The van der Waals surface area contributed by atoms with Gasteiger partial charge in [0.1, 0.15) is 5.75 Å². The Hall–Kier alpha value is -4.89. The van der Waals surface area contributed by atoms with Gasteiger partial charge in [-0.25, -0.2) is 4.42 Å². The van der Waals surface area contributed by atoms with E-state index >= 15 is 0 Å². The molecule has 47 heavy (non-hydrogen) atoms. The Morgan fingerprint density at radius 1 is 0.681 bits per heavy atom. The summed E-state index contributed by atoms with van der Waals surface area (Å²) in [6, 6.07) is 43.5. The molecule has 0 unspecified atom stereocenters. The predicted octanol–water partition coefficient (Wildman–Crippen LogP) is 11.9. The van der Waals surface area contributed by atoms with Gasteiger partial charge in [0.2, 0.25) is 0 Å². The van der Waals surface area contributed by atoms with Crippen LogP contribution in [0.5, 0.6) is 5.75 Å². The zero-order valence-electron chi connectivity index (χ0n) is 25.4. The van der Waals surface area contributed by atoms with Gasteiger partial charge >= 0.3 is 18.8 Å². The van der Waals surface area contributed by atoms with Crippen LogP contribution < -0.4 is 4.74 Å². The number of benzene rings is 4. The average molecular weight is 654 g/mol. The molecule has 0 spiro atoms. The van der Waals surface area contributed by atoms with Crippen molar-refractivity contribution in [3.8, 4) is 28.2 Å². The minimum Gasteiger partial charge on any atom is -0.494 e. The van der Waals surface area contributed by atoms with Gasteiger partial charge in [-0.3, -0.25) is 4.98 Å². The summed E-state index contributed by atoms with van der Waals surface area (Å²) in [4.78, 5) is 5.79. The number of nitrogens with zero attached hydrogens (tertiary/aromatic N) is 1. The van der Waals surface area contributed by atoms with Crippen LogP contribution >= 0.6 is 11.8 Å². The van der Waals surface area contributed by atoms with E-state index < -0.39 is 7.25 Å². The molecule has 0 atom stereocenters.